The largest absolute Gasteiger partial charge is 0.494 e. The molecule has 0 aliphatic rings. The topological polar surface area (TPSA) is 89.8 Å². The summed E-state index contributed by atoms with van der Waals surface area (Å²) in [5, 5.41) is 5.77. The Morgan fingerprint density at radius 1 is 0.933 bits per heavy atom. The molecule has 2 N–H and O–H groups in total. The number of carbonyl (C=O) groups excluding carboxylic acids is 2. The second-order valence-corrected chi connectivity index (χ2v) is 6.55. The summed E-state index contributed by atoms with van der Waals surface area (Å²) < 4.78 is 16.1. The van der Waals surface area contributed by atoms with Crippen LogP contribution in [0.2, 0.25) is 5.02 Å². The van der Waals surface area contributed by atoms with Crippen molar-refractivity contribution in [3.63, 3.8) is 0 Å². The van der Waals surface area contributed by atoms with E-state index in [-0.39, 0.29) is 11.7 Å². The van der Waals surface area contributed by atoms with E-state index in [9.17, 15) is 9.59 Å². The van der Waals surface area contributed by atoms with Gasteiger partial charge in [-0.3, -0.25) is 9.59 Å². The summed E-state index contributed by atoms with van der Waals surface area (Å²) in [6.07, 6.45) is 1.40. The summed E-state index contributed by atoms with van der Waals surface area (Å²) in [4.78, 5) is 25.0. The number of carbonyl (C=O) groups is 2. The van der Waals surface area contributed by atoms with E-state index in [1.165, 1.54) is 12.3 Å². The molecule has 0 spiro atoms. The Morgan fingerprint density at radius 3 is 2.23 bits per heavy atom. The summed E-state index contributed by atoms with van der Waals surface area (Å²) in [6, 6.07) is 12.9. The minimum Gasteiger partial charge on any atom is -0.494 e. The molecule has 2 amide bonds. The van der Waals surface area contributed by atoms with Crippen LogP contribution in [0.25, 0.3) is 0 Å². The molecule has 0 saturated heterocycles. The monoisotopic (exact) mass is 428 g/mol. The summed E-state index contributed by atoms with van der Waals surface area (Å²) in [5.41, 5.74) is 1.17. The molecule has 0 fully saturated rings. The summed E-state index contributed by atoms with van der Waals surface area (Å²) in [5.74, 6) is 0.420. The minimum atomic E-state index is -0.448. The number of hydrogen-bond acceptors (Lipinski definition) is 5. The maximum atomic E-state index is 12.8. The molecular formula is C22H21ClN2O5. The molecule has 1 heterocycles. The number of benzene rings is 2. The van der Waals surface area contributed by atoms with Gasteiger partial charge in [0.1, 0.15) is 11.5 Å². The highest BCUT2D eigenvalue weighted by Crippen LogP contribution is 2.28. The number of hydrogen-bond donors (Lipinski definition) is 2. The Kier molecular flexibility index (Phi) is 6.98. The third-order valence-electron chi connectivity index (χ3n) is 3.98. The number of anilines is 2. The highest BCUT2D eigenvalue weighted by molar-refractivity contribution is 6.34. The van der Waals surface area contributed by atoms with E-state index in [4.69, 9.17) is 25.5 Å². The number of ether oxygens (including phenoxy) is 2. The van der Waals surface area contributed by atoms with Gasteiger partial charge in [-0.15, -0.1) is 0 Å². The van der Waals surface area contributed by atoms with Crippen molar-refractivity contribution in [1.29, 1.82) is 0 Å². The van der Waals surface area contributed by atoms with Crippen LogP contribution in [0.15, 0.2) is 59.2 Å². The van der Waals surface area contributed by atoms with Crippen molar-refractivity contribution < 1.29 is 23.5 Å². The maximum Gasteiger partial charge on any atom is 0.291 e. The molecule has 3 rings (SSSR count). The smallest absolute Gasteiger partial charge is 0.291 e. The SMILES string of the molecule is CCOc1cc(OCC)cc(C(=O)Nc2ccc(Cl)c(NC(=O)c3ccco3)c2)c1. The van der Waals surface area contributed by atoms with Gasteiger partial charge in [0.15, 0.2) is 5.76 Å². The van der Waals surface area contributed by atoms with Gasteiger partial charge >= 0.3 is 0 Å². The number of halogens is 1. The normalized spacial score (nSPS) is 10.4. The molecule has 0 aliphatic heterocycles. The van der Waals surface area contributed by atoms with Crippen LogP contribution in [-0.4, -0.2) is 25.0 Å². The zero-order valence-corrected chi connectivity index (χ0v) is 17.3. The first-order valence-corrected chi connectivity index (χ1v) is 9.74. The fraction of sp³-hybridized carbons (Fsp3) is 0.182. The summed E-state index contributed by atoms with van der Waals surface area (Å²) >= 11 is 6.18. The molecule has 0 radical (unpaired) electrons. The fourth-order valence-corrected chi connectivity index (χ4v) is 2.86. The van der Waals surface area contributed by atoms with Crippen LogP contribution >= 0.6 is 11.6 Å². The van der Waals surface area contributed by atoms with E-state index in [1.807, 2.05) is 13.8 Å². The molecule has 0 aliphatic carbocycles. The summed E-state index contributed by atoms with van der Waals surface area (Å²) in [6.45, 7) is 4.65. The van der Waals surface area contributed by atoms with Gasteiger partial charge in [-0.05, 0) is 56.3 Å². The van der Waals surface area contributed by atoms with E-state index < -0.39 is 5.91 Å². The Morgan fingerprint density at radius 2 is 1.63 bits per heavy atom. The van der Waals surface area contributed by atoms with Gasteiger partial charge in [0.2, 0.25) is 0 Å². The molecular weight excluding hydrogens is 408 g/mol. The number of amides is 2. The van der Waals surface area contributed by atoms with Gasteiger partial charge in [-0.2, -0.15) is 0 Å². The highest BCUT2D eigenvalue weighted by Gasteiger charge is 2.14. The van der Waals surface area contributed by atoms with Crippen molar-refractivity contribution >= 4 is 34.8 Å². The van der Waals surface area contributed by atoms with Crippen molar-refractivity contribution in [3.8, 4) is 11.5 Å². The van der Waals surface area contributed by atoms with E-state index >= 15 is 0 Å². The van der Waals surface area contributed by atoms with Gasteiger partial charge in [-0.25, -0.2) is 0 Å². The van der Waals surface area contributed by atoms with Crippen LogP contribution in [-0.2, 0) is 0 Å². The average molecular weight is 429 g/mol. The molecule has 0 bridgehead atoms. The van der Waals surface area contributed by atoms with E-state index in [1.54, 1.807) is 42.5 Å². The molecule has 0 saturated carbocycles. The van der Waals surface area contributed by atoms with E-state index in [0.717, 1.165) is 0 Å². The molecule has 0 unspecified atom stereocenters. The molecule has 7 nitrogen and oxygen atoms in total. The van der Waals surface area contributed by atoms with E-state index in [0.29, 0.717) is 46.7 Å². The lowest BCUT2D eigenvalue weighted by atomic mass is 10.1. The molecule has 30 heavy (non-hydrogen) atoms. The second kappa shape index (κ2) is 9.84. The van der Waals surface area contributed by atoms with Crippen LogP contribution in [0.4, 0.5) is 11.4 Å². The molecule has 3 aromatic rings. The predicted octanol–water partition coefficient (Wildman–Crippen LogP) is 5.24. The van der Waals surface area contributed by atoms with Crippen molar-refractivity contribution in [2.24, 2.45) is 0 Å². The van der Waals surface area contributed by atoms with Crippen LogP contribution in [0.1, 0.15) is 34.8 Å². The molecule has 8 heteroatoms. The predicted molar refractivity (Wildman–Crippen MR) is 115 cm³/mol. The Bertz CT molecular complexity index is 1010. The minimum absolute atomic E-state index is 0.150. The van der Waals surface area contributed by atoms with Gasteiger partial charge in [0.05, 0.1) is 30.2 Å². The fourth-order valence-electron chi connectivity index (χ4n) is 2.70. The van der Waals surface area contributed by atoms with Crippen molar-refractivity contribution in [2.45, 2.75) is 13.8 Å². The van der Waals surface area contributed by atoms with Gasteiger partial charge < -0.3 is 24.5 Å². The maximum absolute atomic E-state index is 12.8. The lowest BCUT2D eigenvalue weighted by Crippen LogP contribution is -2.14. The number of rotatable bonds is 8. The first-order chi connectivity index (χ1) is 14.5. The van der Waals surface area contributed by atoms with E-state index in [2.05, 4.69) is 10.6 Å². The van der Waals surface area contributed by atoms with Gasteiger partial charge in [0, 0.05) is 17.3 Å². The van der Waals surface area contributed by atoms with Crippen molar-refractivity contribution in [1.82, 2.24) is 0 Å². The van der Waals surface area contributed by atoms with Crippen LogP contribution in [0.5, 0.6) is 11.5 Å². The standard InChI is InChI=1S/C22H21ClN2O5/c1-3-28-16-10-14(11-17(13-16)29-4-2)21(26)24-15-7-8-18(23)19(12-15)25-22(27)20-6-5-9-30-20/h5-13H,3-4H2,1-2H3,(H,24,26)(H,25,27). The van der Waals surface area contributed by atoms with Crippen LogP contribution in [0.3, 0.4) is 0 Å². The highest BCUT2D eigenvalue weighted by atomic mass is 35.5. The van der Waals surface area contributed by atoms with Crippen molar-refractivity contribution in [2.75, 3.05) is 23.8 Å². The zero-order valence-electron chi connectivity index (χ0n) is 16.5. The quantitative estimate of drug-likeness (QED) is 0.512. The molecule has 1 aromatic heterocycles. The zero-order chi connectivity index (χ0) is 21.5. The molecule has 0 atom stereocenters. The lowest BCUT2D eigenvalue weighted by molar-refractivity contribution is 0.0995. The molecule has 156 valence electrons. The second-order valence-electron chi connectivity index (χ2n) is 6.14. The van der Waals surface area contributed by atoms with Gasteiger partial charge in [0.25, 0.3) is 11.8 Å². The third-order valence-corrected chi connectivity index (χ3v) is 4.31. The average Bonchev–Trinajstić information content (AvgIpc) is 3.26. The Balaban J connectivity index is 1.79. The van der Waals surface area contributed by atoms with Crippen LogP contribution in [0, 0.1) is 0 Å². The Hall–Kier alpha value is -3.45. The lowest BCUT2D eigenvalue weighted by Gasteiger charge is -2.12. The van der Waals surface area contributed by atoms with Crippen molar-refractivity contribution in [3.05, 3.63) is 71.1 Å². The molecule has 2 aromatic carbocycles. The summed E-state index contributed by atoms with van der Waals surface area (Å²) in [7, 11) is 0. The number of furan rings is 1. The van der Waals surface area contributed by atoms with Gasteiger partial charge in [-0.1, -0.05) is 11.6 Å². The first-order valence-electron chi connectivity index (χ1n) is 9.36. The Labute approximate surface area is 178 Å². The number of nitrogens with one attached hydrogen (secondary N) is 2. The van der Waals surface area contributed by atoms with Crippen LogP contribution < -0.4 is 20.1 Å². The third kappa shape index (κ3) is 5.33. The first kappa shape index (κ1) is 21.3.